The highest BCUT2D eigenvalue weighted by Gasteiger charge is 2.04. The first kappa shape index (κ1) is 12.3. The SMILES string of the molecule is Cc1ccc(SC(C)C)cc1-c1ccccc1. The first-order chi connectivity index (χ1) is 8.16. The highest BCUT2D eigenvalue weighted by Crippen LogP contribution is 2.30. The Morgan fingerprint density at radius 3 is 2.29 bits per heavy atom. The zero-order valence-electron chi connectivity index (χ0n) is 10.6. The molecule has 0 saturated carbocycles. The number of hydrogen-bond donors (Lipinski definition) is 0. The summed E-state index contributed by atoms with van der Waals surface area (Å²) in [6, 6.07) is 17.3. The molecule has 0 radical (unpaired) electrons. The summed E-state index contributed by atoms with van der Waals surface area (Å²) < 4.78 is 0. The molecule has 0 bridgehead atoms. The number of thioether (sulfide) groups is 1. The zero-order valence-corrected chi connectivity index (χ0v) is 11.4. The molecule has 2 aromatic carbocycles. The van der Waals surface area contributed by atoms with E-state index in [1.54, 1.807) is 0 Å². The topological polar surface area (TPSA) is 0 Å². The minimum atomic E-state index is 0.626. The summed E-state index contributed by atoms with van der Waals surface area (Å²) in [6.07, 6.45) is 0. The van der Waals surface area contributed by atoms with Crippen LogP contribution in [0.3, 0.4) is 0 Å². The molecule has 0 aliphatic carbocycles. The van der Waals surface area contributed by atoms with E-state index in [2.05, 4.69) is 69.3 Å². The van der Waals surface area contributed by atoms with Gasteiger partial charge in [0.2, 0.25) is 0 Å². The summed E-state index contributed by atoms with van der Waals surface area (Å²) in [7, 11) is 0. The number of hydrogen-bond acceptors (Lipinski definition) is 1. The molecule has 0 fully saturated rings. The largest absolute Gasteiger partial charge is 0.123 e. The van der Waals surface area contributed by atoms with Crippen molar-refractivity contribution >= 4 is 11.8 Å². The Kier molecular flexibility index (Phi) is 3.90. The fourth-order valence-corrected chi connectivity index (χ4v) is 2.75. The Morgan fingerprint density at radius 2 is 1.65 bits per heavy atom. The lowest BCUT2D eigenvalue weighted by Gasteiger charge is -2.10. The predicted molar refractivity (Wildman–Crippen MR) is 77.6 cm³/mol. The molecule has 0 spiro atoms. The molecule has 0 atom stereocenters. The normalized spacial score (nSPS) is 10.8. The smallest absolute Gasteiger partial charge is 0.00809 e. The maximum atomic E-state index is 2.30. The molecule has 2 rings (SSSR count). The predicted octanol–water partition coefficient (Wildman–Crippen LogP) is 5.16. The van der Waals surface area contributed by atoms with Gasteiger partial charge in [-0.1, -0.05) is 50.2 Å². The van der Waals surface area contributed by atoms with E-state index in [0.717, 1.165) is 0 Å². The minimum absolute atomic E-state index is 0.626. The third-order valence-electron chi connectivity index (χ3n) is 2.67. The molecule has 0 aliphatic heterocycles. The molecule has 0 amide bonds. The van der Waals surface area contributed by atoms with Crippen LogP contribution < -0.4 is 0 Å². The van der Waals surface area contributed by atoms with Gasteiger partial charge in [0, 0.05) is 10.1 Å². The molecular weight excluding hydrogens is 224 g/mol. The molecule has 0 aromatic heterocycles. The molecule has 0 heterocycles. The van der Waals surface area contributed by atoms with Gasteiger partial charge < -0.3 is 0 Å². The number of aryl methyl sites for hydroxylation is 1. The van der Waals surface area contributed by atoms with Gasteiger partial charge in [0.1, 0.15) is 0 Å². The van der Waals surface area contributed by atoms with E-state index in [0.29, 0.717) is 5.25 Å². The van der Waals surface area contributed by atoms with Crippen LogP contribution in [0.4, 0.5) is 0 Å². The summed E-state index contributed by atoms with van der Waals surface area (Å²) in [6.45, 7) is 6.63. The lowest BCUT2D eigenvalue weighted by molar-refractivity contribution is 1.11. The van der Waals surface area contributed by atoms with Gasteiger partial charge in [0.05, 0.1) is 0 Å². The average molecular weight is 242 g/mol. The van der Waals surface area contributed by atoms with Crippen LogP contribution in [0.25, 0.3) is 11.1 Å². The van der Waals surface area contributed by atoms with Crippen LogP contribution in [0.15, 0.2) is 53.4 Å². The summed E-state index contributed by atoms with van der Waals surface area (Å²) in [5, 5.41) is 0.626. The second-order valence-corrected chi connectivity index (χ2v) is 6.16. The van der Waals surface area contributed by atoms with E-state index >= 15 is 0 Å². The van der Waals surface area contributed by atoms with E-state index in [9.17, 15) is 0 Å². The van der Waals surface area contributed by atoms with Gasteiger partial charge in [-0.15, -0.1) is 11.8 Å². The van der Waals surface area contributed by atoms with Crippen LogP contribution in [0, 0.1) is 6.92 Å². The van der Waals surface area contributed by atoms with Crippen LogP contribution in [-0.4, -0.2) is 5.25 Å². The van der Waals surface area contributed by atoms with Crippen molar-refractivity contribution in [2.45, 2.75) is 30.9 Å². The lowest BCUT2D eigenvalue weighted by atomic mass is 10.0. The number of rotatable bonds is 3. The third kappa shape index (κ3) is 3.13. The lowest BCUT2D eigenvalue weighted by Crippen LogP contribution is -1.88. The van der Waals surface area contributed by atoms with Crippen LogP contribution in [0.2, 0.25) is 0 Å². The van der Waals surface area contributed by atoms with E-state index in [-0.39, 0.29) is 0 Å². The van der Waals surface area contributed by atoms with Crippen molar-refractivity contribution in [3.63, 3.8) is 0 Å². The quantitative estimate of drug-likeness (QED) is 0.670. The van der Waals surface area contributed by atoms with Crippen molar-refractivity contribution in [3.05, 3.63) is 54.1 Å². The van der Waals surface area contributed by atoms with Gasteiger partial charge in [0.15, 0.2) is 0 Å². The van der Waals surface area contributed by atoms with Crippen LogP contribution in [0.5, 0.6) is 0 Å². The molecule has 0 saturated heterocycles. The molecule has 88 valence electrons. The molecule has 0 N–H and O–H groups in total. The standard InChI is InChI=1S/C16H18S/c1-12(2)17-15-10-9-13(3)16(11-15)14-7-5-4-6-8-14/h4-12H,1-3H3. The van der Waals surface area contributed by atoms with Gasteiger partial charge in [0.25, 0.3) is 0 Å². The number of benzene rings is 2. The van der Waals surface area contributed by atoms with Crippen molar-refractivity contribution in [2.75, 3.05) is 0 Å². The zero-order chi connectivity index (χ0) is 12.3. The van der Waals surface area contributed by atoms with Gasteiger partial charge >= 0.3 is 0 Å². The van der Waals surface area contributed by atoms with Crippen molar-refractivity contribution in [3.8, 4) is 11.1 Å². The molecule has 0 nitrogen and oxygen atoms in total. The first-order valence-corrected chi connectivity index (χ1v) is 6.87. The summed E-state index contributed by atoms with van der Waals surface area (Å²) in [5.41, 5.74) is 3.98. The molecule has 0 aliphatic rings. The molecular formula is C16H18S. The average Bonchev–Trinajstić information content (AvgIpc) is 2.32. The molecule has 17 heavy (non-hydrogen) atoms. The van der Waals surface area contributed by atoms with Crippen molar-refractivity contribution in [1.29, 1.82) is 0 Å². The third-order valence-corrected chi connectivity index (χ3v) is 3.66. The highest BCUT2D eigenvalue weighted by molar-refractivity contribution is 7.99. The molecule has 1 heteroatoms. The fourth-order valence-electron chi connectivity index (χ4n) is 1.88. The Hall–Kier alpha value is -1.21. The minimum Gasteiger partial charge on any atom is -0.123 e. The van der Waals surface area contributed by atoms with Gasteiger partial charge in [-0.05, 0) is 35.7 Å². The van der Waals surface area contributed by atoms with Crippen LogP contribution >= 0.6 is 11.8 Å². The van der Waals surface area contributed by atoms with Crippen LogP contribution in [-0.2, 0) is 0 Å². The highest BCUT2D eigenvalue weighted by atomic mass is 32.2. The Bertz CT molecular complexity index is 486. The first-order valence-electron chi connectivity index (χ1n) is 5.99. The van der Waals surface area contributed by atoms with E-state index in [1.807, 2.05) is 11.8 Å². The van der Waals surface area contributed by atoms with Gasteiger partial charge in [-0.25, -0.2) is 0 Å². The summed E-state index contributed by atoms with van der Waals surface area (Å²) in [4.78, 5) is 1.35. The fraction of sp³-hybridized carbons (Fsp3) is 0.250. The van der Waals surface area contributed by atoms with E-state index in [1.165, 1.54) is 21.6 Å². The Labute approximate surface area is 108 Å². The summed E-state index contributed by atoms with van der Waals surface area (Å²) >= 11 is 1.92. The van der Waals surface area contributed by atoms with E-state index in [4.69, 9.17) is 0 Å². The maximum Gasteiger partial charge on any atom is 0.00809 e. The summed E-state index contributed by atoms with van der Waals surface area (Å²) in [5.74, 6) is 0. The van der Waals surface area contributed by atoms with Gasteiger partial charge in [-0.2, -0.15) is 0 Å². The maximum absolute atomic E-state index is 2.30. The molecule has 2 aromatic rings. The second-order valence-electron chi connectivity index (χ2n) is 4.51. The van der Waals surface area contributed by atoms with E-state index < -0.39 is 0 Å². The second kappa shape index (κ2) is 5.42. The van der Waals surface area contributed by atoms with Crippen molar-refractivity contribution < 1.29 is 0 Å². The monoisotopic (exact) mass is 242 g/mol. The van der Waals surface area contributed by atoms with Crippen molar-refractivity contribution in [2.24, 2.45) is 0 Å². The van der Waals surface area contributed by atoms with Crippen molar-refractivity contribution in [1.82, 2.24) is 0 Å². The van der Waals surface area contributed by atoms with Crippen LogP contribution in [0.1, 0.15) is 19.4 Å². The Morgan fingerprint density at radius 1 is 0.941 bits per heavy atom. The van der Waals surface area contributed by atoms with Gasteiger partial charge in [-0.3, -0.25) is 0 Å². The Balaban J connectivity index is 2.40. The molecule has 0 unspecified atom stereocenters.